The highest BCUT2D eigenvalue weighted by atomic mass is 16.5. The average molecular weight is 537 g/mol. The summed E-state index contributed by atoms with van der Waals surface area (Å²) < 4.78 is 7.65. The summed E-state index contributed by atoms with van der Waals surface area (Å²) in [6.07, 6.45) is 8.27. The quantitative estimate of drug-likeness (QED) is 0.582. The number of nitrogens with zero attached hydrogens (tertiary/aromatic N) is 4. The summed E-state index contributed by atoms with van der Waals surface area (Å²) in [4.78, 5) is 46.1. The van der Waals surface area contributed by atoms with Gasteiger partial charge in [0.05, 0.1) is 6.61 Å². The lowest BCUT2D eigenvalue weighted by atomic mass is 9.73. The van der Waals surface area contributed by atoms with Crippen molar-refractivity contribution in [1.82, 2.24) is 19.4 Å². The zero-order valence-electron chi connectivity index (χ0n) is 23.9. The number of hydrogen-bond donors (Lipinski definition) is 0. The summed E-state index contributed by atoms with van der Waals surface area (Å²) in [6.45, 7) is 6.97. The van der Waals surface area contributed by atoms with Crippen molar-refractivity contribution in [3.63, 3.8) is 0 Å². The number of aromatic nitrogens is 2. The highest BCUT2D eigenvalue weighted by molar-refractivity contribution is 5.76. The molecule has 0 N–H and O–H groups in total. The number of hydrogen-bond acceptors (Lipinski definition) is 5. The molecule has 1 spiro atoms. The van der Waals surface area contributed by atoms with Crippen LogP contribution >= 0.6 is 0 Å². The highest BCUT2D eigenvalue weighted by Gasteiger charge is 2.37. The predicted molar refractivity (Wildman–Crippen MR) is 152 cm³/mol. The van der Waals surface area contributed by atoms with Gasteiger partial charge in [-0.25, -0.2) is 4.79 Å². The molecule has 3 heterocycles. The predicted octanol–water partition coefficient (Wildman–Crippen LogP) is 4.29. The molecular weight excluding hydrogens is 492 g/mol. The van der Waals surface area contributed by atoms with Crippen LogP contribution in [0.2, 0.25) is 0 Å². The van der Waals surface area contributed by atoms with E-state index in [2.05, 4.69) is 17.1 Å². The minimum absolute atomic E-state index is 0.0410. The van der Waals surface area contributed by atoms with E-state index in [0.717, 1.165) is 75.3 Å². The van der Waals surface area contributed by atoms with Gasteiger partial charge in [0.15, 0.2) is 0 Å². The summed E-state index contributed by atoms with van der Waals surface area (Å²) in [6, 6.07) is 10.1. The number of carbonyl (C=O) groups excluding carboxylic acids is 2. The van der Waals surface area contributed by atoms with Crippen molar-refractivity contribution in [3.05, 3.63) is 57.8 Å². The van der Waals surface area contributed by atoms with E-state index in [4.69, 9.17) is 4.74 Å². The zero-order valence-corrected chi connectivity index (χ0v) is 23.9. The van der Waals surface area contributed by atoms with E-state index < -0.39 is 0 Å². The summed E-state index contributed by atoms with van der Waals surface area (Å²) in [5.41, 5.74) is 2.63. The fraction of sp³-hybridized carbons (Fsp3) is 0.613. The Morgan fingerprint density at radius 3 is 2.56 bits per heavy atom. The standard InChI is InChI=1S/C31H44N4O4/c1-24-22-25(2)35(30(38)32-24)18-8-13-29(37)34-19-16-31(17-20-34)15-7-6-11-26-10-4-5-12-27(26)39-21-9-14-28(36)33(3)23-31/h4-5,10,12,22H,6-9,11,13-21,23H2,1-3H3. The fourth-order valence-electron chi connectivity index (χ4n) is 6.17. The first kappa shape index (κ1) is 28.8. The van der Waals surface area contributed by atoms with Crippen molar-refractivity contribution in [1.29, 1.82) is 0 Å². The Balaban J connectivity index is 1.34. The maximum absolute atomic E-state index is 13.0. The SMILES string of the molecule is Cc1cc(C)n(CCCC(=O)N2CCC3(CCCCc4ccccc4OCCCC(=O)N(C)C3)CC2)c(=O)n1. The number of carbonyl (C=O) groups is 2. The van der Waals surface area contributed by atoms with E-state index in [1.165, 1.54) is 5.56 Å². The van der Waals surface area contributed by atoms with Gasteiger partial charge in [-0.3, -0.25) is 14.2 Å². The normalized spacial score (nSPS) is 18.8. The molecule has 2 aromatic rings. The topological polar surface area (TPSA) is 84.7 Å². The van der Waals surface area contributed by atoms with Crippen LogP contribution in [0.15, 0.2) is 35.1 Å². The van der Waals surface area contributed by atoms with Crippen LogP contribution in [0, 0.1) is 19.3 Å². The van der Waals surface area contributed by atoms with E-state index in [1.807, 2.05) is 48.9 Å². The monoisotopic (exact) mass is 536 g/mol. The highest BCUT2D eigenvalue weighted by Crippen LogP contribution is 2.38. The third-order valence-corrected chi connectivity index (χ3v) is 8.46. The van der Waals surface area contributed by atoms with Crippen LogP contribution in [-0.2, 0) is 22.6 Å². The van der Waals surface area contributed by atoms with Gasteiger partial charge < -0.3 is 14.5 Å². The van der Waals surface area contributed by atoms with Crippen LogP contribution in [0.25, 0.3) is 0 Å². The molecule has 2 amide bonds. The zero-order chi connectivity index (χ0) is 27.8. The molecule has 1 aromatic carbocycles. The molecule has 0 aliphatic carbocycles. The van der Waals surface area contributed by atoms with Gasteiger partial charge in [-0.1, -0.05) is 24.6 Å². The van der Waals surface area contributed by atoms with Crippen LogP contribution in [-0.4, -0.2) is 64.5 Å². The summed E-state index contributed by atoms with van der Waals surface area (Å²) in [7, 11) is 1.92. The summed E-state index contributed by atoms with van der Waals surface area (Å²) >= 11 is 0. The number of likely N-dealkylation sites (tertiary alicyclic amines) is 1. The molecule has 1 saturated heterocycles. The van der Waals surface area contributed by atoms with Crippen molar-refractivity contribution in [2.45, 2.75) is 84.6 Å². The first-order chi connectivity index (χ1) is 18.8. The molecule has 0 saturated carbocycles. The van der Waals surface area contributed by atoms with Gasteiger partial charge >= 0.3 is 5.69 Å². The van der Waals surface area contributed by atoms with Gasteiger partial charge in [-0.15, -0.1) is 0 Å². The van der Waals surface area contributed by atoms with Crippen molar-refractivity contribution < 1.29 is 14.3 Å². The maximum atomic E-state index is 13.0. The maximum Gasteiger partial charge on any atom is 0.347 e. The van der Waals surface area contributed by atoms with E-state index in [1.54, 1.807) is 4.57 Å². The summed E-state index contributed by atoms with van der Waals surface area (Å²) in [5.74, 6) is 1.26. The molecule has 0 atom stereocenters. The largest absolute Gasteiger partial charge is 0.493 e. The lowest BCUT2D eigenvalue weighted by Gasteiger charge is -2.44. The molecule has 0 bridgehead atoms. The van der Waals surface area contributed by atoms with Crippen molar-refractivity contribution >= 4 is 11.8 Å². The molecular formula is C31H44N4O4. The Labute approximate surface area is 232 Å². The molecule has 1 fully saturated rings. The van der Waals surface area contributed by atoms with Crippen molar-refractivity contribution in [2.75, 3.05) is 33.3 Å². The minimum Gasteiger partial charge on any atom is -0.493 e. The molecule has 0 radical (unpaired) electrons. The number of para-hydroxylation sites is 1. The first-order valence-electron chi connectivity index (χ1n) is 14.5. The van der Waals surface area contributed by atoms with Gasteiger partial charge in [0.1, 0.15) is 5.75 Å². The van der Waals surface area contributed by atoms with Crippen molar-refractivity contribution in [3.8, 4) is 5.75 Å². The lowest BCUT2D eigenvalue weighted by molar-refractivity contribution is -0.137. The number of piperidine rings is 1. The number of fused-ring (bicyclic) bond motifs is 1. The molecule has 2 aliphatic heterocycles. The fourth-order valence-corrected chi connectivity index (χ4v) is 6.17. The lowest BCUT2D eigenvalue weighted by Crippen LogP contribution is -2.48. The second-order valence-corrected chi connectivity index (χ2v) is 11.5. The minimum atomic E-state index is -0.247. The van der Waals surface area contributed by atoms with Crippen LogP contribution in [0.5, 0.6) is 5.75 Å². The number of amides is 2. The molecule has 0 unspecified atom stereocenters. The smallest absolute Gasteiger partial charge is 0.347 e. The van der Waals surface area contributed by atoms with E-state index in [0.29, 0.717) is 38.8 Å². The molecule has 4 rings (SSSR count). The number of rotatable bonds is 4. The van der Waals surface area contributed by atoms with E-state index in [-0.39, 0.29) is 22.9 Å². The van der Waals surface area contributed by atoms with Crippen LogP contribution in [0.4, 0.5) is 0 Å². The number of benzene rings is 1. The molecule has 8 nitrogen and oxygen atoms in total. The van der Waals surface area contributed by atoms with Gasteiger partial charge in [-0.05, 0) is 81.9 Å². The summed E-state index contributed by atoms with van der Waals surface area (Å²) in [5, 5.41) is 0. The second-order valence-electron chi connectivity index (χ2n) is 11.5. The molecule has 1 aromatic heterocycles. The van der Waals surface area contributed by atoms with E-state index in [9.17, 15) is 14.4 Å². The molecule has 2 aliphatic rings. The third kappa shape index (κ3) is 7.70. The second kappa shape index (κ2) is 13.3. The number of ether oxygens (including phenoxy) is 1. The Morgan fingerprint density at radius 2 is 1.79 bits per heavy atom. The Hall–Kier alpha value is -3.16. The molecule has 39 heavy (non-hydrogen) atoms. The van der Waals surface area contributed by atoms with Gasteiger partial charge in [-0.2, -0.15) is 4.98 Å². The third-order valence-electron chi connectivity index (χ3n) is 8.46. The number of aryl methyl sites for hydroxylation is 3. The van der Waals surface area contributed by atoms with Crippen molar-refractivity contribution in [2.24, 2.45) is 5.41 Å². The van der Waals surface area contributed by atoms with Crippen LogP contribution < -0.4 is 10.4 Å². The van der Waals surface area contributed by atoms with Gasteiger partial charge in [0, 0.05) is 57.5 Å². The Kier molecular flexibility index (Phi) is 9.81. The van der Waals surface area contributed by atoms with E-state index >= 15 is 0 Å². The average Bonchev–Trinajstić information content (AvgIpc) is 2.91. The Bertz CT molecular complexity index is 1200. The van der Waals surface area contributed by atoms with Gasteiger partial charge in [0.2, 0.25) is 11.8 Å². The van der Waals surface area contributed by atoms with Gasteiger partial charge in [0.25, 0.3) is 0 Å². The van der Waals surface area contributed by atoms with Crippen LogP contribution in [0.3, 0.4) is 0 Å². The molecule has 212 valence electrons. The first-order valence-corrected chi connectivity index (χ1v) is 14.5. The Morgan fingerprint density at radius 1 is 1.03 bits per heavy atom. The molecule has 8 heteroatoms. The van der Waals surface area contributed by atoms with Crippen LogP contribution in [0.1, 0.15) is 74.7 Å².